The predicted molar refractivity (Wildman–Crippen MR) is 119 cm³/mol. The molecule has 0 atom stereocenters. The van der Waals surface area contributed by atoms with E-state index in [1.54, 1.807) is 28.9 Å². The van der Waals surface area contributed by atoms with Gasteiger partial charge in [0.1, 0.15) is 0 Å². The molecule has 1 N–H and O–H groups in total. The summed E-state index contributed by atoms with van der Waals surface area (Å²) in [6.07, 6.45) is 0. The third-order valence-corrected chi connectivity index (χ3v) is 5.14. The van der Waals surface area contributed by atoms with Gasteiger partial charge in [-0.3, -0.25) is 4.79 Å². The number of nitrogens with one attached hydrogen (secondary N) is 1. The van der Waals surface area contributed by atoms with E-state index in [1.807, 2.05) is 55.5 Å². The van der Waals surface area contributed by atoms with E-state index in [0.29, 0.717) is 16.5 Å². The molecule has 4 rings (SSSR count). The SMILES string of the molecule is Cc1cccc(-c2nc(C(=O)Nc3ccccc3Cl)nn2-c2ccc(Br)cc2)c1. The van der Waals surface area contributed by atoms with Gasteiger partial charge in [-0.05, 0) is 49.4 Å². The molecular weight excluding hydrogens is 452 g/mol. The highest BCUT2D eigenvalue weighted by atomic mass is 79.9. The fourth-order valence-electron chi connectivity index (χ4n) is 2.88. The van der Waals surface area contributed by atoms with Gasteiger partial charge in [-0.15, -0.1) is 5.10 Å². The zero-order valence-corrected chi connectivity index (χ0v) is 17.8. The Hall–Kier alpha value is -2.96. The summed E-state index contributed by atoms with van der Waals surface area (Å²) in [6.45, 7) is 2.01. The van der Waals surface area contributed by atoms with E-state index in [9.17, 15) is 4.79 Å². The molecule has 1 aromatic heterocycles. The van der Waals surface area contributed by atoms with Crippen molar-refractivity contribution < 1.29 is 4.79 Å². The van der Waals surface area contributed by atoms with E-state index in [0.717, 1.165) is 21.3 Å². The van der Waals surface area contributed by atoms with Crippen LogP contribution in [0.25, 0.3) is 17.1 Å². The van der Waals surface area contributed by atoms with Crippen molar-refractivity contribution in [3.63, 3.8) is 0 Å². The molecule has 0 saturated carbocycles. The second kappa shape index (κ2) is 8.19. The van der Waals surface area contributed by atoms with Crippen LogP contribution in [0.3, 0.4) is 0 Å². The zero-order chi connectivity index (χ0) is 20.4. The van der Waals surface area contributed by atoms with Crippen molar-refractivity contribution in [1.29, 1.82) is 0 Å². The Morgan fingerprint density at radius 3 is 2.52 bits per heavy atom. The molecule has 0 radical (unpaired) electrons. The van der Waals surface area contributed by atoms with Crippen molar-refractivity contribution in [1.82, 2.24) is 14.8 Å². The molecule has 1 amide bonds. The Morgan fingerprint density at radius 1 is 1.03 bits per heavy atom. The summed E-state index contributed by atoms with van der Waals surface area (Å²) in [5.41, 5.74) is 3.28. The Morgan fingerprint density at radius 2 is 1.79 bits per heavy atom. The molecule has 0 saturated heterocycles. The second-order valence-electron chi connectivity index (χ2n) is 6.45. The van der Waals surface area contributed by atoms with Crippen molar-refractivity contribution in [2.24, 2.45) is 0 Å². The first kappa shape index (κ1) is 19.4. The fourth-order valence-corrected chi connectivity index (χ4v) is 3.33. The molecule has 0 fully saturated rings. The van der Waals surface area contributed by atoms with Crippen molar-refractivity contribution >= 4 is 39.1 Å². The van der Waals surface area contributed by atoms with E-state index in [-0.39, 0.29) is 5.82 Å². The molecule has 1 heterocycles. The normalized spacial score (nSPS) is 10.7. The molecule has 0 aliphatic carbocycles. The topological polar surface area (TPSA) is 59.8 Å². The van der Waals surface area contributed by atoms with Crippen LogP contribution in [0, 0.1) is 6.92 Å². The van der Waals surface area contributed by atoms with Crippen molar-refractivity contribution in [2.45, 2.75) is 6.92 Å². The number of benzene rings is 3. The molecule has 0 aliphatic rings. The van der Waals surface area contributed by atoms with Crippen LogP contribution in [0.15, 0.2) is 77.3 Å². The van der Waals surface area contributed by atoms with Crippen LogP contribution in [0.4, 0.5) is 5.69 Å². The smallest absolute Gasteiger partial charge is 0.295 e. The average Bonchev–Trinajstić information content (AvgIpc) is 3.16. The van der Waals surface area contributed by atoms with E-state index in [4.69, 9.17) is 11.6 Å². The Kier molecular flexibility index (Phi) is 5.47. The van der Waals surface area contributed by atoms with E-state index in [2.05, 4.69) is 31.3 Å². The van der Waals surface area contributed by atoms with Crippen LogP contribution in [-0.4, -0.2) is 20.7 Å². The Bertz CT molecular complexity index is 1190. The standard InChI is InChI=1S/C22H16BrClN4O/c1-14-5-4-6-15(13-14)21-26-20(22(29)25-19-8-3-2-7-18(19)24)27-28(21)17-11-9-16(23)10-12-17/h2-13H,1H3,(H,25,29). The van der Waals surface area contributed by atoms with Gasteiger partial charge >= 0.3 is 0 Å². The Labute approximate surface area is 181 Å². The summed E-state index contributed by atoms with van der Waals surface area (Å²) < 4.78 is 2.62. The molecule has 7 heteroatoms. The lowest BCUT2D eigenvalue weighted by Crippen LogP contribution is -2.14. The highest BCUT2D eigenvalue weighted by molar-refractivity contribution is 9.10. The monoisotopic (exact) mass is 466 g/mol. The number of nitrogens with zero attached hydrogens (tertiary/aromatic N) is 3. The summed E-state index contributed by atoms with van der Waals surface area (Å²) in [4.78, 5) is 17.3. The summed E-state index contributed by atoms with van der Waals surface area (Å²) in [6, 6.07) is 22.6. The first-order chi connectivity index (χ1) is 14.0. The molecule has 4 aromatic rings. The highest BCUT2D eigenvalue weighted by Crippen LogP contribution is 2.25. The molecule has 3 aromatic carbocycles. The molecule has 144 valence electrons. The second-order valence-corrected chi connectivity index (χ2v) is 7.77. The van der Waals surface area contributed by atoms with Gasteiger partial charge in [0.15, 0.2) is 5.82 Å². The van der Waals surface area contributed by atoms with Crippen LogP contribution < -0.4 is 5.32 Å². The maximum absolute atomic E-state index is 12.8. The Balaban J connectivity index is 1.78. The van der Waals surface area contributed by atoms with Crippen LogP contribution >= 0.6 is 27.5 Å². The van der Waals surface area contributed by atoms with Crippen LogP contribution in [-0.2, 0) is 0 Å². The number of amides is 1. The third-order valence-electron chi connectivity index (χ3n) is 4.28. The first-order valence-electron chi connectivity index (χ1n) is 8.87. The lowest BCUT2D eigenvalue weighted by molar-refractivity contribution is 0.101. The molecule has 5 nitrogen and oxygen atoms in total. The van der Waals surface area contributed by atoms with Crippen molar-refractivity contribution in [3.8, 4) is 17.1 Å². The maximum Gasteiger partial charge on any atom is 0.295 e. The van der Waals surface area contributed by atoms with Gasteiger partial charge in [0, 0.05) is 10.0 Å². The third kappa shape index (κ3) is 4.23. The summed E-state index contributed by atoms with van der Waals surface area (Å²) in [5.74, 6) is 0.215. The van der Waals surface area contributed by atoms with Gasteiger partial charge in [0.2, 0.25) is 5.82 Å². The first-order valence-corrected chi connectivity index (χ1v) is 10.0. The molecular formula is C22H16BrClN4O. The van der Waals surface area contributed by atoms with Crippen LogP contribution in [0.2, 0.25) is 5.02 Å². The number of hydrogen-bond donors (Lipinski definition) is 1. The van der Waals surface area contributed by atoms with Crippen molar-refractivity contribution in [3.05, 3.63) is 93.7 Å². The van der Waals surface area contributed by atoms with Crippen LogP contribution in [0.5, 0.6) is 0 Å². The van der Waals surface area contributed by atoms with Crippen LogP contribution in [0.1, 0.15) is 16.2 Å². The summed E-state index contributed by atoms with van der Waals surface area (Å²) in [5, 5.41) is 7.70. The van der Waals surface area contributed by atoms with Gasteiger partial charge in [0.25, 0.3) is 5.91 Å². The number of anilines is 1. The molecule has 29 heavy (non-hydrogen) atoms. The number of hydrogen-bond acceptors (Lipinski definition) is 3. The summed E-state index contributed by atoms with van der Waals surface area (Å²) in [7, 11) is 0. The number of aromatic nitrogens is 3. The van der Waals surface area contributed by atoms with Gasteiger partial charge < -0.3 is 5.32 Å². The zero-order valence-electron chi connectivity index (χ0n) is 15.4. The average molecular weight is 468 g/mol. The number of carbonyl (C=O) groups excluding carboxylic acids is 1. The van der Waals surface area contributed by atoms with Crippen molar-refractivity contribution in [2.75, 3.05) is 5.32 Å². The van der Waals surface area contributed by atoms with E-state index < -0.39 is 5.91 Å². The van der Waals surface area contributed by atoms with Gasteiger partial charge in [-0.2, -0.15) is 0 Å². The molecule has 0 bridgehead atoms. The minimum Gasteiger partial charge on any atom is -0.318 e. The van der Waals surface area contributed by atoms with E-state index >= 15 is 0 Å². The maximum atomic E-state index is 12.8. The molecule has 0 spiro atoms. The molecule has 0 aliphatic heterocycles. The largest absolute Gasteiger partial charge is 0.318 e. The predicted octanol–water partition coefficient (Wildman–Crippen LogP) is 5.91. The lowest BCUT2D eigenvalue weighted by atomic mass is 10.1. The minimum atomic E-state index is -0.428. The highest BCUT2D eigenvalue weighted by Gasteiger charge is 2.19. The lowest BCUT2D eigenvalue weighted by Gasteiger charge is -2.06. The number of para-hydroxylation sites is 1. The van der Waals surface area contributed by atoms with Gasteiger partial charge in [0.05, 0.1) is 16.4 Å². The van der Waals surface area contributed by atoms with E-state index in [1.165, 1.54) is 0 Å². The van der Waals surface area contributed by atoms with Gasteiger partial charge in [-0.25, -0.2) is 9.67 Å². The molecule has 0 unspecified atom stereocenters. The van der Waals surface area contributed by atoms with Gasteiger partial charge in [-0.1, -0.05) is 63.4 Å². The fraction of sp³-hybridized carbons (Fsp3) is 0.0455. The quantitative estimate of drug-likeness (QED) is 0.406. The number of rotatable bonds is 4. The number of aryl methyl sites for hydroxylation is 1. The number of carbonyl (C=O) groups is 1. The number of halogens is 2. The summed E-state index contributed by atoms with van der Waals surface area (Å²) >= 11 is 9.59. The minimum absolute atomic E-state index is 0.0596.